The third-order valence-corrected chi connectivity index (χ3v) is 8.00. The van der Waals surface area contributed by atoms with Crippen molar-refractivity contribution in [2.24, 2.45) is 5.92 Å². The highest BCUT2D eigenvalue weighted by Crippen LogP contribution is 2.40. The van der Waals surface area contributed by atoms with Gasteiger partial charge in [0.2, 0.25) is 10.0 Å². The van der Waals surface area contributed by atoms with Gasteiger partial charge >= 0.3 is 12.3 Å². The van der Waals surface area contributed by atoms with Crippen molar-refractivity contribution in [1.29, 1.82) is 5.26 Å². The zero-order chi connectivity index (χ0) is 29.3. The quantitative estimate of drug-likeness (QED) is 0.385. The van der Waals surface area contributed by atoms with Crippen molar-refractivity contribution in [3.63, 3.8) is 0 Å². The number of benzene rings is 3. The molecule has 3 aromatic rings. The number of hydrogen-bond acceptors (Lipinski definition) is 6. The summed E-state index contributed by atoms with van der Waals surface area (Å²) in [5, 5.41) is 18.4. The van der Waals surface area contributed by atoms with Crippen LogP contribution < -0.4 is 14.2 Å². The lowest BCUT2D eigenvalue weighted by Gasteiger charge is -2.40. The van der Waals surface area contributed by atoms with Crippen molar-refractivity contribution in [2.75, 3.05) is 6.54 Å². The van der Waals surface area contributed by atoms with E-state index in [1.807, 2.05) is 24.6 Å². The molecule has 0 aromatic heterocycles. The van der Waals surface area contributed by atoms with Gasteiger partial charge in [0.1, 0.15) is 23.6 Å². The van der Waals surface area contributed by atoms with Gasteiger partial charge < -0.3 is 14.6 Å². The van der Waals surface area contributed by atoms with E-state index in [9.17, 15) is 31.6 Å². The molecule has 12 heteroatoms. The maximum absolute atomic E-state index is 12.5. The fraction of sp³-hybridized carbons (Fsp3) is 0.286. The average Bonchev–Trinajstić information content (AvgIpc) is 2.86. The minimum absolute atomic E-state index is 0.0822. The Morgan fingerprint density at radius 2 is 1.82 bits per heavy atom. The second-order valence-corrected chi connectivity index (χ2v) is 11.7. The molecule has 40 heavy (non-hydrogen) atoms. The first-order valence-corrected chi connectivity index (χ1v) is 13.6. The highest BCUT2D eigenvalue weighted by atomic mass is 32.2. The molecule has 0 aliphatic carbocycles. The topological polar surface area (TPSA) is 126 Å². The van der Waals surface area contributed by atoms with E-state index < -0.39 is 34.5 Å². The summed E-state index contributed by atoms with van der Waals surface area (Å²) in [6, 6.07) is 17.1. The smallest absolute Gasteiger partial charge is 0.487 e. The second-order valence-electron chi connectivity index (χ2n) is 9.90. The standard InChI is InChI=1S/C28H25F3N2O6S/c1-27(2)22(13-21-14-24(7-8-25(21)39-27)40(36,37)33-16-26(34)35)12-17-9-18(15-32)11-20(10-17)19-3-5-23(6-4-19)38-28(29,30)31/h3-11,14,22,33H,12-13,16H2,1-2H3,(H,34,35). The van der Waals surface area contributed by atoms with Gasteiger partial charge in [-0.05, 0) is 91.4 Å². The van der Waals surface area contributed by atoms with E-state index in [2.05, 4.69) is 10.8 Å². The van der Waals surface area contributed by atoms with Crippen molar-refractivity contribution < 1.29 is 41.0 Å². The van der Waals surface area contributed by atoms with Crippen LogP contribution in [0.1, 0.15) is 30.5 Å². The molecule has 1 aliphatic heterocycles. The van der Waals surface area contributed by atoms with Crippen LogP contribution in [0.3, 0.4) is 0 Å². The lowest BCUT2D eigenvalue weighted by molar-refractivity contribution is -0.274. The predicted octanol–water partition coefficient (Wildman–Crippen LogP) is 5.06. The maximum Gasteiger partial charge on any atom is 0.573 e. The van der Waals surface area contributed by atoms with Gasteiger partial charge in [0, 0.05) is 5.92 Å². The van der Waals surface area contributed by atoms with E-state index in [0.717, 1.165) is 5.56 Å². The molecule has 3 aromatic carbocycles. The molecule has 1 atom stereocenters. The van der Waals surface area contributed by atoms with Gasteiger partial charge in [-0.15, -0.1) is 13.2 Å². The van der Waals surface area contributed by atoms with Crippen LogP contribution in [0.15, 0.2) is 65.6 Å². The Kier molecular flexibility index (Phi) is 7.83. The highest BCUT2D eigenvalue weighted by Gasteiger charge is 2.37. The molecule has 210 valence electrons. The summed E-state index contributed by atoms with van der Waals surface area (Å²) < 4.78 is 74.8. The number of sulfonamides is 1. The summed E-state index contributed by atoms with van der Waals surface area (Å²) in [6.45, 7) is 3.07. The molecule has 0 spiro atoms. The number of nitrogens with one attached hydrogen (secondary N) is 1. The molecule has 0 radical (unpaired) electrons. The maximum atomic E-state index is 12.5. The Bertz CT molecular complexity index is 1580. The molecule has 0 saturated heterocycles. The molecule has 0 fully saturated rings. The number of carboxylic acid groups (broad SMARTS) is 1. The third kappa shape index (κ3) is 6.91. The summed E-state index contributed by atoms with van der Waals surface area (Å²) in [5.41, 5.74) is 2.38. The Morgan fingerprint density at radius 1 is 1.12 bits per heavy atom. The third-order valence-electron chi connectivity index (χ3n) is 6.60. The molecule has 2 N–H and O–H groups in total. The molecule has 8 nitrogen and oxygen atoms in total. The summed E-state index contributed by atoms with van der Waals surface area (Å²) >= 11 is 0. The first-order chi connectivity index (χ1) is 18.6. The highest BCUT2D eigenvalue weighted by molar-refractivity contribution is 7.89. The Labute approximate surface area is 229 Å². The minimum atomic E-state index is -4.80. The number of carbonyl (C=O) groups is 1. The largest absolute Gasteiger partial charge is 0.573 e. The number of aliphatic carboxylic acids is 1. The molecule has 1 aliphatic rings. The molecule has 1 unspecified atom stereocenters. The molecule has 0 amide bonds. The fourth-order valence-corrected chi connectivity index (χ4v) is 5.62. The van der Waals surface area contributed by atoms with Gasteiger partial charge in [-0.3, -0.25) is 4.79 Å². The number of nitrogens with zero attached hydrogens (tertiary/aromatic N) is 1. The summed E-state index contributed by atoms with van der Waals surface area (Å²) in [5.74, 6) is -1.29. The van der Waals surface area contributed by atoms with Crippen LogP contribution in [0.5, 0.6) is 11.5 Å². The van der Waals surface area contributed by atoms with Gasteiger partial charge in [-0.1, -0.05) is 18.2 Å². The number of carboxylic acids is 1. The van der Waals surface area contributed by atoms with Crippen molar-refractivity contribution in [1.82, 2.24) is 4.72 Å². The number of hydrogen-bond donors (Lipinski definition) is 2. The first kappa shape index (κ1) is 28.9. The van der Waals surface area contributed by atoms with Crippen LogP contribution >= 0.6 is 0 Å². The van der Waals surface area contributed by atoms with Gasteiger partial charge in [0.15, 0.2) is 0 Å². The van der Waals surface area contributed by atoms with E-state index in [1.165, 1.54) is 36.4 Å². The van der Waals surface area contributed by atoms with Crippen LogP contribution in [0.2, 0.25) is 0 Å². The SMILES string of the molecule is CC1(C)Oc2ccc(S(=O)(=O)NCC(=O)O)cc2CC1Cc1cc(C#N)cc(-c2ccc(OC(F)(F)F)cc2)c1. The van der Waals surface area contributed by atoms with Crippen molar-refractivity contribution in [2.45, 2.75) is 43.5 Å². The van der Waals surface area contributed by atoms with E-state index in [4.69, 9.17) is 9.84 Å². The summed E-state index contributed by atoms with van der Waals surface area (Å²) in [7, 11) is -4.05. The van der Waals surface area contributed by atoms with Crippen molar-refractivity contribution in [3.05, 3.63) is 77.4 Å². The van der Waals surface area contributed by atoms with E-state index in [1.54, 1.807) is 18.2 Å². The van der Waals surface area contributed by atoms with Gasteiger partial charge in [-0.2, -0.15) is 9.98 Å². The van der Waals surface area contributed by atoms with Crippen LogP contribution in [0.4, 0.5) is 13.2 Å². The Hall–Kier alpha value is -4.08. The molecule has 1 heterocycles. The first-order valence-electron chi connectivity index (χ1n) is 12.1. The number of fused-ring (bicyclic) bond motifs is 1. The van der Waals surface area contributed by atoms with Crippen LogP contribution in [0.25, 0.3) is 11.1 Å². The number of nitriles is 1. The van der Waals surface area contributed by atoms with Gasteiger partial charge in [0.25, 0.3) is 0 Å². The average molecular weight is 575 g/mol. The van der Waals surface area contributed by atoms with E-state index in [0.29, 0.717) is 40.8 Å². The normalized spacial score (nSPS) is 16.4. The Morgan fingerprint density at radius 3 is 2.45 bits per heavy atom. The number of alkyl halides is 3. The molecule has 4 rings (SSSR count). The molecule has 0 saturated carbocycles. The molecular weight excluding hydrogens is 549 g/mol. The van der Waals surface area contributed by atoms with Crippen LogP contribution in [-0.2, 0) is 27.7 Å². The van der Waals surface area contributed by atoms with Crippen LogP contribution in [-0.4, -0.2) is 38.0 Å². The number of ether oxygens (including phenoxy) is 2. The van der Waals surface area contributed by atoms with Crippen molar-refractivity contribution in [3.8, 4) is 28.7 Å². The number of rotatable bonds is 8. The van der Waals surface area contributed by atoms with Crippen molar-refractivity contribution >= 4 is 16.0 Å². The van der Waals surface area contributed by atoms with E-state index in [-0.39, 0.29) is 16.6 Å². The lowest BCUT2D eigenvalue weighted by Crippen LogP contribution is -2.43. The van der Waals surface area contributed by atoms with E-state index >= 15 is 0 Å². The second kappa shape index (κ2) is 10.8. The zero-order valence-electron chi connectivity index (χ0n) is 21.4. The fourth-order valence-electron chi connectivity index (χ4n) is 4.59. The zero-order valence-corrected chi connectivity index (χ0v) is 22.3. The Balaban J connectivity index is 1.60. The minimum Gasteiger partial charge on any atom is -0.487 e. The predicted molar refractivity (Wildman–Crippen MR) is 138 cm³/mol. The summed E-state index contributed by atoms with van der Waals surface area (Å²) in [4.78, 5) is 10.7. The molecule has 0 bridgehead atoms. The van der Waals surface area contributed by atoms with Gasteiger partial charge in [0.05, 0.1) is 16.5 Å². The molecular formula is C28H25F3N2O6S. The monoisotopic (exact) mass is 574 g/mol. The van der Waals surface area contributed by atoms with Crippen LogP contribution in [0, 0.1) is 17.2 Å². The summed E-state index contributed by atoms with van der Waals surface area (Å²) in [6.07, 6.45) is -3.90. The van der Waals surface area contributed by atoms with Gasteiger partial charge in [-0.25, -0.2) is 8.42 Å². The number of halogens is 3. The lowest BCUT2D eigenvalue weighted by atomic mass is 9.78.